The van der Waals surface area contributed by atoms with Crippen LogP contribution in [0.2, 0.25) is 0 Å². The SMILES string of the molecule is C[C@@H]1CCc2c(cc(-c3ccccc3)n2-c2ccc(C(=O)N[C@H]3CCCC[C@@H]3C)cc2)C1. The predicted octanol–water partition coefficient (Wildman–Crippen LogP) is 6.58. The molecule has 1 amide bonds. The minimum Gasteiger partial charge on any atom is -0.349 e. The first-order chi connectivity index (χ1) is 15.6. The van der Waals surface area contributed by atoms with Crippen LogP contribution in [0.1, 0.15) is 67.6 Å². The van der Waals surface area contributed by atoms with Crippen molar-refractivity contribution in [3.8, 4) is 16.9 Å². The summed E-state index contributed by atoms with van der Waals surface area (Å²) < 4.78 is 2.42. The molecule has 0 bridgehead atoms. The zero-order valence-corrected chi connectivity index (χ0v) is 19.3. The molecule has 166 valence electrons. The fourth-order valence-corrected chi connectivity index (χ4v) is 5.57. The van der Waals surface area contributed by atoms with Crippen molar-refractivity contribution in [3.63, 3.8) is 0 Å². The van der Waals surface area contributed by atoms with Gasteiger partial charge in [0.25, 0.3) is 5.91 Å². The van der Waals surface area contributed by atoms with E-state index in [2.05, 4.69) is 72.3 Å². The van der Waals surface area contributed by atoms with E-state index in [-0.39, 0.29) is 5.91 Å². The Bertz CT molecular complexity index is 1080. The van der Waals surface area contributed by atoms with Crippen molar-refractivity contribution in [3.05, 3.63) is 77.5 Å². The second-order valence-electron chi connectivity index (χ2n) is 9.94. The number of nitrogens with zero attached hydrogens (tertiary/aromatic N) is 1. The third-order valence-corrected chi connectivity index (χ3v) is 7.52. The number of amides is 1. The molecule has 5 rings (SSSR count). The molecule has 0 aliphatic heterocycles. The standard InChI is InChI=1S/C29H34N2O/c1-20-12-17-27-24(18-20)19-28(22-9-4-3-5-10-22)31(27)25-15-13-23(14-16-25)29(32)30-26-11-7-6-8-21(26)2/h3-5,9-10,13-16,19-21,26H,6-8,11-12,17-18H2,1-2H3,(H,30,32)/t20-,21+,26+/m1/s1. The second kappa shape index (κ2) is 8.97. The van der Waals surface area contributed by atoms with E-state index in [1.54, 1.807) is 0 Å². The van der Waals surface area contributed by atoms with Crippen molar-refractivity contribution in [1.29, 1.82) is 0 Å². The highest BCUT2D eigenvalue weighted by atomic mass is 16.1. The fourth-order valence-electron chi connectivity index (χ4n) is 5.57. The molecule has 0 saturated heterocycles. The first-order valence-electron chi connectivity index (χ1n) is 12.3. The van der Waals surface area contributed by atoms with Gasteiger partial charge < -0.3 is 9.88 Å². The van der Waals surface area contributed by atoms with Crippen LogP contribution >= 0.6 is 0 Å². The molecule has 3 heteroatoms. The van der Waals surface area contributed by atoms with E-state index in [0.717, 1.165) is 36.4 Å². The van der Waals surface area contributed by atoms with Gasteiger partial charge in [0.15, 0.2) is 0 Å². The number of rotatable bonds is 4. The molecule has 0 unspecified atom stereocenters. The van der Waals surface area contributed by atoms with Gasteiger partial charge in [-0.15, -0.1) is 0 Å². The van der Waals surface area contributed by atoms with Crippen LogP contribution in [0.25, 0.3) is 16.9 Å². The number of nitrogens with one attached hydrogen (secondary N) is 1. The maximum atomic E-state index is 12.9. The number of carbonyl (C=O) groups is 1. The molecule has 1 aromatic heterocycles. The average molecular weight is 427 g/mol. The minimum absolute atomic E-state index is 0.0574. The Labute approximate surface area is 191 Å². The zero-order valence-electron chi connectivity index (χ0n) is 19.3. The van der Waals surface area contributed by atoms with Gasteiger partial charge in [-0.05, 0) is 85.4 Å². The van der Waals surface area contributed by atoms with Gasteiger partial charge in [-0.25, -0.2) is 0 Å². The largest absolute Gasteiger partial charge is 0.349 e. The molecule has 1 fully saturated rings. The Morgan fingerprint density at radius 3 is 2.44 bits per heavy atom. The summed E-state index contributed by atoms with van der Waals surface area (Å²) in [4.78, 5) is 12.9. The van der Waals surface area contributed by atoms with Crippen molar-refractivity contribution in [2.45, 2.75) is 64.8 Å². The monoisotopic (exact) mass is 426 g/mol. The van der Waals surface area contributed by atoms with Crippen LogP contribution in [0.3, 0.4) is 0 Å². The van der Waals surface area contributed by atoms with Gasteiger partial charge in [0.05, 0.1) is 5.69 Å². The van der Waals surface area contributed by atoms with Crippen molar-refractivity contribution < 1.29 is 4.79 Å². The molecule has 0 spiro atoms. The molecule has 3 aromatic rings. The van der Waals surface area contributed by atoms with E-state index in [9.17, 15) is 4.79 Å². The van der Waals surface area contributed by atoms with Gasteiger partial charge in [0.2, 0.25) is 0 Å². The van der Waals surface area contributed by atoms with Gasteiger partial charge >= 0.3 is 0 Å². The lowest BCUT2D eigenvalue weighted by Crippen LogP contribution is -2.41. The quantitative estimate of drug-likeness (QED) is 0.502. The summed E-state index contributed by atoms with van der Waals surface area (Å²) in [5.74, 6) is 1.35. The summed E-state index contributed by atoms with van der Waals surface area (Å²) in [7, 11) is 0. The second-order valence-corrected chi connectivity index (χ2v) is 9.94. The van der Waals surface area contributed by atoms with Crippen molar-refractivity contribution in [1.82, 2.24) is 9.88 Å². The molecule has 1 saturated carbocycles. The van der Waals surface area contributed by atoms with E-state index < -0.39 is 0 Å². The third-order valence-electron chi connectivity index (χ3n) is 7.52. The number of hydrogen-bond acceptors (Lipinski definition) is 1. The van der Waals surface area contributed by atoms with E-state index in [1.807, 2.05) is 12.1 Å². The smallest absolute Gasteiger partial charge is 0.251 e. The van der Waals surface area contributed by atoms with E-state index in [4.69, 9.17) is 0 Å². The highest BCUT2D eigenvalue weighted by Crippen LogP contribution is 2.35. The fraction of sp³-hybridized carbons (Fsp3) is 0.414. The Balaban J connectivity index is 1.45. The number of hydrogen-bond donors (Lipinski definition) is 1. The number of fused-ring (bicyclic) bond motifs is 1. The Morgan fingerprint density at radius 1 is 0.938 bits per heavy atom. The van der Waals surface area contributed by atoms with Gasteiger partial charge in [0, 0.05) is 23.0 Å². The molecule has 3 nitrogen and oxygen atoms in total. The normalized spacial score (nSPS) is 22.9. The molecule has 1 heterocycles. The van der Waals surface area contributed by atoms with Crippen LogP contribution in [-0.2, 0) is 12.8 Å². The summed E-state index contributed by atoms with van der Waals surface area (Å²) in [5.41, 5.74) is 7.27. The van der Waals surface area contributed by atoms with E-state index in [0.29, 0.717) is 12.0 Å². The molecule has 32 heavy (non-hydrogen) atoms. The summed E-state index contributed by atoms with van der Waals surface area (Å²) >= 11 is 0. The lowest BCUT2D eigenvalue weighted by atomic mass is 9.86. The topological polar surface area (TPSA) is 34.0 Å². The predicted molar refractivity (Wildman–Crippen MR) is 131 cm³/mol. The van der Waals surface area contributed by atoms with Crippen molar-refractivity contribution >= 4 is 5.91 Å². The Morgan fingerprint density at radius 2 is 1.69 bits per heavy atom. The third kappa shape index (κ3) is 4.13. The summed E-state index contributed by atoms with van der Waals surface area (Å²) in [6.07, 6.45) is 8.28. The summed E-state index contributed by atoms with van der Waals surface area (Å²) in [5, 5.41) is 3.29. The lowest BCUT2D eigenvalue weighted by molar-refractivity contribution is 0.0910. The number of benzene rings is 2. The molecule has 0 radical (unpaired) electrons. The van der Waals surface area contributed by atoms with Crippen LogP contribution in [-0.4, -0.2) is 16.5 Å². The maximum Gasteiger partial charge on any atom is 0.251 e. The van der Waals surface area contributed by atoms with Crippen molar-refractivity contribution in [2.75, 3.05) is 0 Å². The van der Waals surface area contributed by atoms with Gasteiger partial charge in [-0.1, -0.05) is 57.0 Å². The molecule has 2 aromatic carbocycles. The van der Waals surface area contributed by atoms with Crippen LogP contribution in [0, 0.1) is 11.8 Å². The number of carbonyl (C=O) groups excluding carboxylic acids is 1. The molecular weight excluding hydrogens is 392 g/mol. The van der Waals surface area contributed by atoms with Crippen molar-refractivity contribution in [2.24, 2.45) is 11.8 Å². The van der Waals surface area contributed by atoms with Gasteiger partial charge in [0.1, 0.15) is 0 Å². The lowest BCUT2D eigenvalue weighted by Gasteiger charge is -2.29. The van der Waals surface area contributed by atoms with E-state index >= 15 is 0 Å². The van der Waals surface area contributed by atoms with Gasteiger partial charge in [-0.3, -0.25) is 4.79 Å². The molecule has 3 atom stereocenters. The van der Waals surface area contributed by atoms with Crippen LogP contribution in [0.4, 0.5) is 0 Å². The number of aromatic nitrogens is 1. The molecule has 2 aliphatic rings. The van der Waals surface area contributed by atoms with E-state index in [1.165, 1.54) is 48.2 Å². The first kappa shape index (κ1) is 21.1. The van der Waals surface area contributed by atoms with Gasteiger partial charge in [-0.2, -0.15) is 0 Å². The Kier molecular flexibility index (Phi) is 5.91. The maximum absolute atomic E-state index is 12.9. The first-order valence-corrected chi connectivity index (χ1v) is 12.3. The van der Waals surface area contributed by atoms with Crippen LogP contribution < -0.4 is 5.32 Å². The average Bonchev–Trinajstić information content (AvgIpc) is 3.20. The molecule has 1 N–H and O–H groups in total. The highest BCUT2D eigenvalue weighted by molar-refractivity contribution is 5.94. The molecular formula is C29H34N2O. The van der Waals surface area contributed by atoms with Crippen LogP contribution in [0.5, 0.6) is 0 Å². The summed E-state index contributed by atoms with van der Waals surface area (Å²) in [6.45, 7) is 4.61. The summed E-state index contributed by atoms with van der Waals surface area (Å²) in [6, 6.07) is 21.6. The highest BCUT2D eigenvalue weighted by Gasteiger charge is 2.25. The Hall–Kier alpha value is -2.81. The minimum atomic E-state index is 0.0574. The van der Waals surface area contributed by atoms with Crippen LogP contribution in [0.15, 0.2) is 60.7 Å². The molecule has 2 aliphatic carbocycles. The zero-order chi connectivity index (χ0) is 22.1.